The van der Waals surface area contributed by atoms with E-state index >= 15 is 0 Å². The topological polar surface area (TPSA) is 52.6 Å². The maximum absolute atomic E-state index is 11.9. The Hall–Kier alpha value is -1.84. The van der Waals surface area contributed by atoms with Crippen LogP contribution in [-0.2, 0) is 24.5 Å². The molecule has 0 aliphatic carbocycles. The average Bonchev–Trinajstić information content (AvgIpc) is 2.38. The SMILES string of the molecule is COC(=O)C(C)(C(=O)OC)c1ccc(C)c(C)c1. The van der Waals surface area contributed by atoms with Crippen molar-refractivity contribution in [2.24, 2.45) is 0 Å². The summed E-state index contributed by atoms with van der Waals surface area (Å²) in [5.41, 5.74) is 1.24. The van der Waals surface area contributed by atoms with Crippen LogP contribution >= 0.6 is 0 Å². The van der Waals surface area contributed by atoms with Gasteiger partial charge in [-0.3, -0.25) is 9.59 Å². The molecular formula is C14H18O4. The molecule has 4 nitrogen and oxygen atoms in total. The quantitative estimate of drug-likeness (QED) is 0.607. The second kappa shape index (κ2) is 5.21. The Bertz CT molecular complexity index is 461. The van der Waals surface area contributed by atoms with Gasteiger partial charge in [0.2, 0.25) is 0 Å². The minimum atomic E-state index is -1.43. The summed E-state index contributed by atoms with van der Waals surface area (Å²) in [6.07, 6.45) is 0. The summed E-state index contributed by atoms with van der Waals surface area (Å²) < 4.78 is 9.45. The molecule has 98 valence electrons. The highest BCUT2D eigenvalue weighted by molar-refractivity contribution is 6.05. The minimum Gasteiger partial charge on any atom is -0.468 e. The maximum atomic E-state index is 11.9. The van der Waals surface area contributed by atoms with E-state index in [1.165, 1.54) is 21.1 Å². The molecular weight excluding hydrogens is 232 g/mol. The first-order valence-corrected chi connectivity index (χ1v) is 5.62. The number of benzene rings is 1. The summed E-state index contributed by atoms with van der Waals surface area (Å²) in [7, 11) is 2.51. The molecule has 0 aliphatic rings. The lowest BCUT2D eigenvalue weighted by Crippen LogP contribution is -2.42. The molecule has 1 rings (SSSR count). The largest absolute Gasteiger partial charge is 0.468 e. The zero-order chi connectivity index (χ0) is 13.9. The first kappa shape index (κ1) is 14.2. The van der Waals surface area contributed by atoms with Gasteiger partial charge in [-0.2, -0.15) is 0 Å². The summed E-state index contributed by atoms with van der Waals surface area (Å²) in [5, 5.41) is 0. The van der Waals surface area contributed by atoms with Crippen LogP contribution < -0.4 is 0 Å². The van der Waals surface area contributed by atoms with Crippen LogP contribution in [-0.4, -0.2) is 26.2 Å². The van der Waals surface area contributed by atoms with Crippen molar-refractivity contribution < 1.29 is 19.1 Å². The molecule has 0 spiro atoms. The molecule has 0 aliphatic heterocycles. The first-order chi connectivity index (χ1) is 8.37. The van der Waals surface area contributed by atoms with E-state index in [0.29, 0.717) is 5.56 Å². The molecule has 1 aromatic carbocycles. The van der Waals surface area contributed by atoms with Crippen LogP contribution in [0.25, 0.3) is 0 Å². The number of esters is 2. The van der Waals surface area contributed by atoms with Crippen molar-refractivity contribution in [3.05, 3.63) is 34.9 Å². The first-order valence-electron chi connectivity index (χ1n) is 5.62. The third-order valence-corrected chi connectivity index (χ3v) is 3.27. The Morgan fingerprint density at radius 1 is 1.00 bits per heavy atom. The summed E-state index contributed by atoms with van der Waals surface area (Å²) in [5.74, 6) is -1.25. The second-order valence-corrected chi connectivity index (χ2v) is 4.41. The van der Waals surface area contributed by atoms with Gasteiger partial charge < -0.3 is 9.47 Å². The van der Waals surface area contributed by atoms with E-state index in [4.69, 9.17) is 9.47 Å². The third-order valence-electron chi connectivity index (χ3n) is 3.27. The molecule has 0 amide bonds. The lowest BCUT2D eigenvalue weighted by atomic mass is 9.81. The van der Waals surface area contributed by atoms with Crippen molar-refractivity contribution in [3.8, 4) is 0 Å². The van der Waals surface area contributed by atoms with Gasteiger partial charge in [0.15, 0.2) is 5.41 Å². The zero-order valence-electron chi connectivity index (χ0n) is 11.4. The highest BCUT2D eigenvalue weighted by Gasteiger charge is 2.45. The number of hydrogen-bond acceptors (Lipinski definition) is 4. The highest BCUT2D eigenvalue weighted by atomic mass is 16.5. The van der Waals surface area contributed by atoms with Crippen molar-refractivity contribution in [1.82, 2.24) is 0 Å². The molecule has 0 aromatic heterocycles. The van der Waals surface area contributed by atoms with Gasteiger partial charge in [0.1, 0.15) is 0 Å². The highest BCUT2D eigenvalue weighted by Crippen LogP contribution is 2.28. The van der Waals surface area contributed by atoms with Gasteiger partial charge in [0.05, 0.1) is 14.2 Å². The van der Waals surface area contributed by atoms with Crippen LogP contribution in [0.3, 0.4) is 0 Å². The number of ether oxygens (including phenoxy) is 2. The number of hydrogen-bond donors (Lipinski definition) is 0. The average molecular weight is 250 g/mol. The fourth-order valence-corrected chi connectivity index (χ4v) is 1.78. The third kappa shape index (κ3) is 2.23. The lowest BCUT2D eigenvalue weighted by molar-refractivity contribution is -0.160. The lowest BCUT2D eigenvalue weighted by Gasteiger charge is -2.24. The van der Waals surface area contributed by atoms with Crippen LogP contribution in [0.1, 0.15) is 23.6 Å². The molecule has 0 heterocycles. The van der Waals surface area contributed by atoms with Gasteiger partial charge in [-0.05, 0) is 37.5 Å². The zero-order valence-corrected chi connectivity index (χ0v) is 11.4. The van der Waals surface area contributed by atoms with Crippen molar-refractivity contribution >= 4 is 11.9 Å². The van der Waals surface area contributed by atoms with E-state index in [1.54, 1.807) is 6.07 Å². The summed E-state index contributed by atoms with van der Waals surface area (Å²) in [4.78, 5) is 23.8. The van der Waals surface area contributed by atoms with Gasteiger partial charge in [0.25, 0.3) is 0 Å². The summed E-state index contributed by atoms with van der Waals surface area (Å²) in [6.45, 7) is 5.40. The molecule has 0 atom stereocenters. The molecule has 0 unspecified atom stereocenters. The summed E-state index contributed by atoms with van der Waals surface area (Å²) in [6, 6.07) is 5.42. The fourth-order valence-electron chi connectivity index (χ4n) is 1.78. The van der Waals surface area contributed by atoms with Gasteiger partial charge in [0, 0.05) is 0 Å². The smallest absolute Gasteiger partial charge is 0.327 e. The van der Waals surface area contributed by atoms with Crippen LogP contribution in [0.4, 0.5) is 0 Å². The van der Waals surface area contributed by atoms with Crippen LogP contribution in [0.5, 0.6) is 0 Å². The summed E-state index contributed by atoms with van der Waals surface area (Å²) >= 11 is 0. The van der Waals surface area contributed by atoms with Gasteiger partial charge in [-0.25, -0.2) is 0 Å². The standard InChI is InChI=1S/C14H18O4/c1-9-6-7-11(8-10(9)2)14(3,12(15)17-4)13(16)18-5/h6-8H,1-5H3. The Balaban J connectivity index is 3.39. The normalized spacial score (nSPS) is 10.9. The predicted octanol–water partition coefficient (Wildman–Crippen LogP) is 1.91. The fraction of sp³-hybridized carbons (Fsp3) is 0.429. The molecule has 1 aromatic rings. The Morgan fingerprint density at radius 2 is 1.50 bits per heavy atom. The molecule has 4 heteroatoms. The molecule has 0 fully saturated rings. The van der Waals surface area contributed by atoms with E-state index < -0.39 is 17.4 Å². The molecule has 0 bridgehead atoms. The van der Waals surface area contributed by atoms with Crippen LogP contribution in [0, 0.1) is 13.8 Å². The number of rotatable bonds is 3. The monoisotopic (exact) mass is 250 g/mol. The van der Waals surface area contributed by atoms with E-state index in [0.717, 1.165) is 11.1 Å². The number of carbonyl (C=O) groups excluding carboxylic acids is 2. The molecule has 0 radical (unpaired) electrons. The Labute approximate surface area is 107 Å². The molecule has 0 N–H and O–H groups in total. The van der Waals surface area contributed by atoms with Gasteiger partial charge >= 0.3 is 11.9 Å². The number of carbonyl (C=O) groups is 2. The van der Waals surface area contributed by atoms with Crippen molar-refractivity contribution in [2.75, 3.05) is 14.2 Å². The number of aryl methyl sites for hydroxylation is 2. The van der Waals surface area contributed by atoms with Crippen molar-refractivity contribution in [1.29, 1.82) is 0 Å². The second-order valence-electron chi connectivity index (χ2n) is 4.41. The van der Waals surface area contributed by atoms with Gasteiger partial charge in [-0.15, -0.1) is 0 Å². The van der Waals surface area contributed by atoms with Crippen molar-refractivity contribution in [2.45, 2.75) is 26.2 Å². The Kier molecular flexibility index (Phi) is 4.11. The van der Waals surface area contributed by atoms with Crippen LogP contribution in [0.2, 0.25) is 0 Å². The Morgan fingerprint density at radius 3 is 1.89 bits per heavy atom. The van der Waals surface area contributed by atoms with Crippen LogP contribution in [0.15, 0.2) is 18.2 Å². The van der Waals surface area contributed by atoms with E-state index in [2.05, 4.69) is 0 Å². The molecule has 0 saturated heterocycles. The molecule has 0 saturated carbocycles. The van der Waals surface area contributed by atoms with E-state index in [1.807, 2.05) is 26.0 Å². The van der Waals surface area contributed by atoms with E-state index in [9.17, 15) is 9.59 Å². The molecule has 18 heavy (non-hydrogen) atoms. The predicted molar refractivity (Wildman–Crippen MR) is 67.3 cm³/mol. The minimum absolute atomic E-state index is 0.573. The number of methoxy groups -OCH3 is 2. The maximum Gasteiger partial charge on any atom is 0.327 e. The van der Waals surface area contributed by atoms with E-state index in [-0.39, 0.29) is 0 Å². The van der Waals surface area contributed by atoms with Crippen molar-refractivity contribution in [3.63, 3.8) is 0 Å². The van der Waals surface area contributed by atoms with Gasteiger partial charge in [-0.1, -0.05) is 18.2 Å².